The highest BCUT2D eigenvalue weighted by Gasteiger charge is 2.07. The quantitative estimate of drug-likeness (QED) is 0.0729. The molecule has 0 rings (SSSR count). The summed E-state index contributed by atoms with van der Waals surface area (Å²) in [5.41, 5.74) is 0. The molecule has 0 aliphatic heterocycles. The van der Waals surface area contributed by atoms with Gasteiger partial charge in [0, 0.05) is 25.7 Å². The molecule has 0 aromatic rings. The standard InChI is InChI=1S/2C16H30O4/c2*1-13(2)19-15(17)11-9-7-5-6-8-10-12-16(18)20-14(3)4/h2*13-14H,5-12H2,1-4H3. The van der Waals surface area contributed by atoms with Gasteiger partial charge in [0.25, 0.3) is 0 Å². The van der Waals surface area contributed by atoms with Crippen LogP contribution in [-0.2, 0) is 38.1 Å². The van der Waals surface area contributed by atoms with Crippen LogP contribution in [-0.4, -0.2) is 48.3 Å². The highest BCUT2D eigenvalue weighted by atomic mass is 16.6. The van der Waals surface area contributed by atoms with Crippen LogP contribution in [0.5, 0.6) is 0 Å². The van der Waals surface area contributed by atoms with Crippen LogP contribution in [0.4, 0.5) is 0 Å². The molecule has 0 bridgehead atoms. The molecule has 0 aliphatic carbocycles. The molecule has 0 aliphatic rings. The minimum Gasteiger partial charge on any atom is -0.463 e. The molecule has 0 aromatic heterocycles. The second-order valence-electron chi connectivity index (χ2n) is 11.4. The van der Waals surface area contributed by atoms with Gasteiger partial charge < -0.3 is 18.9 Å². The fraction of sp³-hybridized carbons (Fsp3) is 0.875. The van der Waals surface area contributed by atoms with Gasteiger partial charge >= 0.3 is 23.9 Å². The molecule has 0 heterocycles. The van der Waals surface area contributed by atoms with Crippen molar-refractivity contribution in [1.82, 2.24) is 0 Å². The number of hydrogen-bond donors (Lipinski definition) is 0. The van der Waals surface area contributed by atoms with Crippen molar-refractivity contribution in [2.24, 2.45) is 0 Å². The summed E-state index contributed by atoms with van der Waals surface area (Å²) in [5, 5.41) is 0. The molecule has 0 aromatic carbocycles. The molecule has 0 radical (unpaired) electrons. The number of esters is 4. The average molecular weight is 573 g/mol. The molecular formula is C32H60O8. The summed E-state index contributed by atoms with van der Waals surface area (Å²) < 4.78 is 20.3. The molecule has 8 heteroatoms. The van der Waals surface area contributed by atoms with Crippen molar-refractivity contribution in [3.05, 3.63) is 0 Å². The normalized spacial score (nSPS) is 10.9. The first-order valence-corrected chi connectivity index (χ1v) is 15.6. The van der Waals surface area contributed by atoms with Crippen LogP contribution in [0.2, 0.25) is 0 Å². The Bertz CT molecular complexity index is 543. The molecule has 8 nitrogen and oxygen atoms in total. The van der Waals surface area contributed by atoms with E-state index in [-0.39, 0.29) is 48.3 Å². The third kappa shape index (κ3) is 33.9. The van der Waals surface area contributed by atoms with Crippen molar-refractivity contribution in [2.75, 3.05) is 0 Å². The van der Waals surface area contributed by atoms with E-state index in [9.17, 15) is 19.2 Å². The number of unbranched alkanes of at least 4 members (excludes halogenated alkanes) is 10. The predicted octanol–water partition coefficient (Wildman–Crippen LogP) is 8.02. The van der Waals surface area contributed by atoms with Gasteiger partial charge in [0.1, 0.15) is 0 Å². The second-order valence-corrected chi connectivity index (χ2v) is 11.4. The first-order valence-electron chi connectivity index (χ1n) is 15.6. The SMILES string of the molecule is CC(C)OC(=O)CCCCCCCCC(=O)OC(C)C.CC(C)OC(=O)CCCCCCCCC(=O)OC(C)C. The van der Waals surface area contributed by atoms with E-state index < -0.39 is 0 Å². The zero-order valence-electron chi connectivity index (χ0n) is 26.9. The highest BCUT2D eigenvalue weighted by Crippen LogP contribution is 2.11. The number of carbonyl (C=O) groups excluding carboxylic acids is 4. The van der Waals surface area contributed by atoms with Crippen molar-refractivity contribution in [1.29, 1.82) is 0 Å². The van der Waals surface area contributed by atoms with Crippen molar-refractivity contribution >= 4 is 23.9 Å². The van der Waals surface area contributed by atoms with E-state index >= 15 is 0 Å². The van der Waals surface area contributed by atoms with E-state index in [1.807, 2.05) is 55.4 Å². The van der Waals surface area contributed by atoms with Crippen LogP contribution < -0.4 is 0 Å². The van der Waals surface area contributed by atoms with Crippen molar-refractivity contribution in [2.45, 2.75) is 183 Å². The van der Waals surface area contributed by atoms with E-state index in [0.29, 0.717) is 25.7 Å². The topological polar surface area (TPSA) is 105 Å². The molecule has 236 valence electrons. The summed E-state index contributed by atoms with van der Waals surface area (Å²) in [6, 6.07) is 0. The zero-order valence-corrected chi connectivity index (χ0v) is 26.9. The number of ether oxygens (including phenoxy) is 4. The van der Waals surface area contributed by atoms with E-state index in [1.54, 1.807) is 0 Å². The predicted molar refractivity (Wildman–Crippen MR) is 159 cm³/mol. The Morgan fingerprint density at radius 2 is 0.475 bits per heavy atom. The van der Waals surface area contributed by atoms with Crippen LogP contribution in [0.3, 0.4) is 0 Å². The zero-order chi connectivity index (χ0) is 30.8. The largest absolute Gasteiger partial charge is 0.463 e. The molecule has 0 amide bonds. The fourth-order valence-corrected chi connectivity index (χ4v) is 3.78. The Balaban J connectivity index is 0. The molecular weight excluding hydrogens is 512 g/mol. The van der Waals surface area contributed by atoms with Gasteiger partial charge in [0.15, 0.2) is 0 Å². The minimum atomic E-state index is -0.101. The summed E-state index contributed by atoms with van der Waals surface area (Å²) in [4.78, 5) is 45.1. The number of rotatable bonds is 22. The van der Waals surface area contributed by atoms with Crippen LogP contribution in [0, 0.1) is 0 Å². The molecule has 0 N–H and O–H groups in total. The summed E-state index contributed by atoms with van der Waals surface area (Å²) in [6.07, 6.45) is 14.1. The van der Waals surface area contributed by atoms with E-state index in [4.69, 9.17) is 18.9 Å². The van der Waals surface area contributed by atoms with Gasteiger partial charge in [-0.25, -0.2) is 0 Å². The minimum absolute atomic E-state index is 0.0203. The molecule has 0 fully saturated rings. The van der Waals surface area contributed by atoms with Gasteiger partial charge in [0.2, 0.25) is 0 Å². The van der Waals surface area contributed by atoms with E-state index in [1.165, 1.54) is 0 Å². The van der Waals surface area contributed by atoms with Crippen LogP contribution in [0.1, 0.15) is 158 Å². The summed E-state index contributed by atoms with van der Waals surface area (Å²) >= 11 is 0. The smallest absolute Gasteiger partial charge is 0.306 e. The maximum atomic E-state index is 11.3. The summed E-state index contributed by atoms with van der Waals surface area (Å²) in [5.74, 6) is -0.402. The first kappa shape index (κ1) is 40.0. The van der Waals surface area contributed by atoms with Gasteiger partial charge in [0.05, 0.1) is 24.4 Å². The lowest BCUT2D eigenvalue weighted by molar-refractivity contribution is -0.148. The molecule has 40 heavy (non-hydrogen) atoms. The highest BCUT2D eigenvalue weighted by molar-refractivity contribution is 5.70. The lowest BCUT2D eigenvalue weighted by atomic mass is 10.1. The van der Waals surface area contributed by atoms with Crippen LogP contribution in [0.25, 0.3) is 0 Å². The van der Waals surface area contributed by atoms with Gasteiger partial charge in [-0.1, -0.05) is 51.4 Å². The third-order valence-electron chi connectivity index (χ3n) is 5.49. The lowest BCUT2D eigenvalue weighted by Crippen LogP contribution is -2.11. The maximum Gasteiger partial charge on any atom is 0.306 e. The lowest BCUT2D eigenvalue weighted by Gasteiger charge is -2.08. The van der Waals surface area contributed by atoms with E-state index in [0.717, 1.165) is 77.0 Å². The van der Waals surface area contributed by atoms with Gasteiger partial charge in [-0.2, -0.15) is 0 Å². The Morgan fingerprint density at radius 3 is 0.625 bits per heavy atom. The fourth-order valence-electron chi connectivity index (χ4n) is 3.78. The summed E-state index contributed by atoms with van der Waals surface area (Å²) in [7, 11) is 0. The molecule has 0 atom stereocenters. The number of hydrogen-bond acceptors (Lipinski definition) is 8. The van der Waals surface area contributed by atoms with E-state index in [2.05, 4.69) is 0 Å². The van der Waals surface area contributed by atoms with Gasteiger partial charge in [-0.05, 0) is 81.1 Å². The third-order valence-corrected chi connectivity index (χ3v) is 5.49. The van der Waals surface area contributed by atoms with Gasteiger partial charge in [-0.3, -0.25) is 19.2 Å². The Kier molecular flexibility index (Phi) is 27.1. The molecule has 0 saturated heterocycles. The second kappa shape index (κ2) is 27.1. The van der Waals surface area contributed by atoms with Crippen LogP contribution in [0.15, 0.2) is 0 Å². The maximum absolute atomic E-state index is 11.3. The van der Waals surface area contributed by atoms with Crippen molar-refractivity contribution in [3.8, 4) is 0 Å². The van der Waals surface area contributed by atoms with Crippen molar-refractivity contribution in [3.63, 3.8) is 0 Å². The molecule has 0 saturated carbocycles. The van der Waals surface area contributed by atoms with Crippen molar-refractivity contribution < 1.29 is 38.1 Å². The first-order chi connectivity index (χ1) is 18.8. The Hall–Kier alpha value is -2.12. The Morgan fingerprint density at radius 1 is 0.325 bits per heavy atom. The monoisotopic (exact) mass is 572 g/mol. The molecule has 0 unspecified atom stereocenters. The van der Waals surface area contributed by atoms with Crippen LogP contribution >= 0.6 is 0 Å². The Labute approximate surface area is 244 Å². The average Bonchev–Trinajstić information content (AvgIpc) is 2.81. The molecule has 0 spiro atoms. The number of carbonyl (C=O) groups is 4. The van der Waals surface area contributed by atoms with Gasteiger partial charge in [-0.15, -0.1) is 0 Å². The summed E-state index contributed by atoms with van der Waals surface area (Å²) in [6.45, 7) is 14.9.